The summed E-state index contributed by atoms with van der Waals surface area (Å²) in [7, 11) is -2.37. The molecule has 0 heterocycles. The van der Waals surface area contributed by atoms with Crippen molar-refractivity contribution in [3.05, 3.63) is 23.2 Å². The van der Waals surface area contributed by atoms with Crippen LogP contribution in [0.2, 0.25) is 5.02 Å². The minimum absolute atomic E-state index is 0.0826. The van der Waals surface area contributed by atoms with Crippen LogP contribution >= 0.6 is 11.6 Å². The van der Waals surface area contributed by atoms with Crippen LogP contribution in [-0.4, -0.2) is 45.4 Å². The van der Waals surface area contributed by atoms with Crippen molar-refractivity contribution in [1.29, 1.82) is 0 Å². The molecule has 7 nitrogen and oxygen atoms in total. The number of nitrogens with one attached hydrogen (secondary N) is 1. The number of benzene rings is 1. The zero-order chi connectivity index (χ0) is 19.1. The number of rotatable bonds is 11. The highest BCUT2D eigenvalue weighted by Crippen LogP contribution is 2.29. The summed E-state index contributed by atoms with van der Waals surface area (Å²) in [6.07, 6.45) is 0.605. The van der Waals surface area contributed by atoms with Crippen LogP contribution in [0, 0.1) is 0 Å². The molecule has 0 saturated heterocycles. The molecule has 0 spiro atoms. The third-order valence-corrected chi connectivity index (χ3v) is 5.27. The van der Waals surface area contributed by atoms with Gasteiger partial charge in [0.05, 0.1) is 6.61 Å². The van der Waals surface area contributed by atoms with Gasteiger partial charge in [-0.3, -0.25) is 4.79 Å². The van der Waals surface area contributed by atoms with Crippen LogP contribution < -0.4 is 9.46 Å². The topological polar surface area (TPSA) is 102 Å². The molecule has 0 fully saturated rings. The summed E-state index contributed by atoms with van der Waals surface area (Å²) in [5.41, 5.74) is -0.938. The Balaban J connectivity index is 2.98. The van der Waals surface area contributed by atoms with Crippen LogP contribution in [0.5, 0.6) is 5.75 Å². The Labute approximate surface area is 153 Å². The summed E-state index contributed by atoms with van der Waals surface area (Å²) in [5, 5.41) is 9.05. The van der Waals surface area contributed by atoms with Gasteiger partial charge in [0.25, 0.3) is 0 Å². The molecule has 1 rings (SSSR count). The second-order valence-corrected chi connectivity index (χ2v) is 8.26. The predicted molar refractivity (Wildman–Crippen MR) is 94.7 cm³/mol. The summed E-state index contributed by atoms with van der Waals surface area (Å²) in [6.45, 7) is 4.03. The van der Waals surface area contributed by atoms with Crippen molar-refractivity contribution >= 4 is 27.6 Å². The van der Waals surface area contributed by atoms with Crippen molar-refractivity contribution in [3.8, 4) is 5.75 Å². The van der Waals surface area contributed by atoms with E-state index >= 15 is 0 Å². The van der Waals surface area contributed by atoms with Gasteiger partial charge in [-0.2, -0.15) is 0 Å². The molecule has 0 aliphatic carbocycles. The highest BCUT2D eigenvalue weighted by Gasteiger charge is 2.29. The Kier molecular flexibility index (Phi) is 8.14. The fourth-order valence-electron chi connectivity index (χ4n) is 2.09. The van der Waals surface area contributed by atoms with Crippen molar-refractivity contribution in [1.82, 2.24) is 4.72 Å². The van der Waals surface area contributed by atoms with E-state index in [1.54, 1.807) is 27.0 Å². The standard InChI is InChI=1S/C16H24ClNO6S/c1-16(2,8-7-15(19)20)18-25(21,22)14-11-12(17)5-6-13(14)24-10-4-9-23-3/h5-6,11,18H,4,7-10H2,1-3H3,(H,19,20). The van der Waals surface area contributed by atoms with Crippen molar-refractivity contribution in [3.63, 3.8) is 0 Å². The van der Waals surface area contributed by atoms with Crippen LogP contribution in [-0.2, 0) is 19.6 Å². The van der Waals surface area contributed by atoms with Gasteiger partial charge in [0.15, 0.2) is 0 Å². The van der Waals surface area contributed by atoms with E-state index in [1.165, 1.54) is 12.1 Å². The maximum atomic E-state index is 12.7. The molecular weight excluding hydrogens is 370 g/mol. The second-order valence-electron chi connectivity index (χ2n) is 6.17. The molecule has 1 aromatic rings. The Bertz CT molecular complexity index is 690. The number of sulfonamides is 1. The minimum atomic E-state index is -3.95. The number of carboxylic acid groups (broad SMARTS) is 1. The van der Waals surface area contributed by atoms with Crippen LogP contribution in [0.15, 0.2) is 23.1 Å². The molecule has 25 heavy (non-hydrogen) atoms. The maximum Gasteiger partial charge on any atom is 0.303 e. The smallest absolute Gasteiger partial charge is 0.303 e. The van der Waals surface area contributed by atoms with E-state index in [-0.39, 0.29) is 28.5 Å². The number of ether oxygens (including phenoxy) is 2. The number of carboxylic acids is 1. The van der Waals surface area contributed by atoms with Crippen molar-refractivity contribution < 1.29 is 27.8 Å². The van der Waals surface area contributed by atoms with Gasteiger partial charge in [-0.25, -0.2) is 13.1 Å². The molecule has 0 atom stereocenters. The molecule has 0 bridgehead atoms. The lowest BCUT2D eigenvalue weighted by molar-refractivity contribution is -0.137. The minimum Gasteiger partial charge on any atom is -0.492 e. The van der Waals surface area contributed by atoms with Gasteiger partial charge >= 0.3 is 5.97 Å². The fourth-order valence-corrected chi connectivity index (χ4v) is 3.94. The first-order valence-electron chi connectivity index (χ1n) is 7.74. The van der Waals surface area contributed by atoms with Gasteiger partial charge in [-0.05, 0) is 38.5 Å². The molecule has 0 radical (unpaired) electrons. The lowest BCUT2D eigenvalue weighted by Crippen LogP contribution is -2.43. The second kappa shape index (κ2) is 9.38. The van der Waals surface area contributed by atoms with Crippen molar-refractivity contribution in [2.24, 2.45) is 0 Å². The molecule has 0 amide bonds. The van der Waals surface area contributed by atoms with Gasteiger partial charge < -0.3 is 14.6 Å². The molecule has 9 heteroatoms. The van der Waals surface area contributed by atoms with E-state index in [4.69, 9.17) is 26.2 Å². The molecule has 0 aliphatic heterocycles. The quantitative estimate of drug-likeness (QED) is 0.560. The molecule has 142 valence electrons. The number of halogens is 1. The van der Waals surface area contributed by atoms with E-state index in [0.29, 0.717) is 19.6 Å². The summed E-state index contributed by atoms with van der Waals surface area (Å²) < 4.78 is 38.5. The summed E-state index contributed by atoms with van der Waals surface area (Å²) >= 11 is 5.94. The monoisotopic (exact) mass is 393 g/mol. The number of hydrogen-bond donors (Lipinski definition) is 2. The zero-order valence-corrected chi connectivity index (χ0v) is 16.1. The van der Waals surface area contributed by atoms with Gasteiger partial charge in [0, 0.05) is 37.1 Å². The Morgan fingerprint density at radius 2 is 2.00 bits per heavy atom. The van der Waals surface area contributed by atoms with E-state index in [9.17, 15) is 13.2 Å². The van der Waals surface area contributed by atoms with Crippen LogP contribution in [0.4, 0.5) is 0 Å². The first kappa shape index (κ1) is 21.7. The highest BCUT2D eigenvalue weighted by atomic mass is 35.5. The van der Waals surface area contributed by atoms with E-state index in [1.807, 2.05) is 0 Å². The van der Waals surface area contributed by atoms with Crippen LogP contribution in [0.1, 0.15) is 33.1 Å². The normalized spacial score (nSPS) is 12.2. The largest absolute Gasteiger partial charge is 0.492 e. The molecule has 2 N–H and O–H groups in total. The first-order chi connectivity index (χ1) is 11.6. The SMILES string of the molecule is COCCCOc1ccc(Cl)cc1S(=O)(=O)NC(C)(C)CCC(=O)O. The molecule has 0 unspecified atom stereocenters. The van der Waals surface area contributed by atoms with E-state index in [2.05, 4.69) is 4.72 Å². The number of hydrogen-bond acceptors (Lipinski definition) is 5. The Hall–Kier alpha value is -1.35. The summed E-state index contributed by atoms with van der Waals surface area (Å²) in [6, 6.07) is 4.35. The number of carbonyl (C=O) groups is 1. The average Bonchev–Trinajstić information content (AvgIpc) is 2.50. The lowest BCUT2D eigenvalue weighted by Gasteiger charge is -2.26. The zero-order valence-electron chi connectivity index (χ0n) is 14.5. The number of aliphatic carboxylic acids is 1. The first-order valence-corrected chi connectivity index (χ1v) is 9.60. The molecule has 0 aromatic heterocycles. The van der Waals surface area contributed by atoms with Crippen LogP contribution in [0.3, 0.4) is 0 Å². The summed E-state index contributed by atoms with van der Waals surface area (Å²) in [5.74, 6) is -0.806. The molecule has 0 aliphatic rings. The maximum absolute atomic E-state index is 12.7. The Morgan fingerprint density at radius 1 is 1.32 bits per heavy atom. The number of methoxy groups -OCH3 is 1. The van der Waals surface area contributed by atoms with Gasteiger partial charge in [0.2, 0.25) is 10.0 Å². The molecule has 0 saturated carbocycles. The predicted octanol–water partition coefficient (Wildman–Crippen LogP) is 2.68. The van der Waals surface area contributed by atoms with Gasteiger partial charge in [0.1, 0.15) is 10.6 Å². The Morgan fingerprint density at radius 3 is 2.60 bits per heavy atom. The van der Waals surface area contributed by atoms with Gasteiger partial charge in [-0.1, -0.05) is 11.6 Å². The summed E-state index contributed by atoms with van der Waals surface area (Å²) in [4.78, 5) is 10.6. The van der Waals surface area contributed by atoms with Crippen LogP contribution in [0.25, 0.3) is 0 Å². The highest BCUT2D eigenvalue weighted by molar-refractivity contribution is 7.89. The van der Waals surface area contributed by atoms with E-state index < -0.39 is 21.5 Å². The fraction of sp³-hybridized carbons (Fsp3) is 0.562. The molecule has 1 aromatic carbocycles. The lowest BCUT2D eigenvalue weighted by atomic mass is 10.0. The third kappa shape index (κ3) is 7.60. The molecular formula is C16H24ClNO6S. The van der Waals surface area contributed by atoms with Gasteiger partial charge in [-0.15, -0.1) is 0 Å². The average molecular weight is 394 g/mol. The van der Waals surface area contributed by atoms with Crippen molar-refractivity contribution in [2.45, 2.75) is 43.5 Å². The van der Waals surface area contributed by atoms with E-state index in [0.717, 1.165) is 0 Å². The third-order valence-electron chi connectivity index (χ3n) is 3.32. The van der Waals surface area contributed by atoms with Crippen molar-refractivity contribution in [2.75, 3.05) is 20.3 Å².